The van der Waals surface area contributed by atoms with Gasteiger partial charge in [0.15, 0.2) is 5.82 Å². The maximum Gasteiger partial charge on any atom is 0.207 e. The van der Waals surface area contributed by atoms with Gasteiger partial charge in [-0.3, -0.25) is 4.79 Å². The van der Waals surface area contributed by atoms with Gasteiger partial charge in [0.1, 0.15) is 11.6 Å². The Kier molecular flexibility index (Phi) is 3.52. The number of ketones is 1. The highest BCUT2D eigenvalue weighted by Gasteiger charge is 2.52. The van der Waals surface area contributed by atoms with Gasteiger partial charge in [-0.15, -0.1) is 0 Å². The fourth-order valence-corrected chi connectivity index (χ4v) is 2.14. The molecular formula is C16H18N3O2. The molecule has 21 heavy (non-hydrogen) atoms. The van der Waals surface area contributed by atoms with E-state index in [2.05, 4.69) is 5.32 Å². The summed E-state index contributed by atoms with van der Waals surface area (Å²) in [5.41, 5.74) is -1.08. The average Bonchev–Trinajstić information content (AvgIpc) is 2.61. The van der Waals surface area contributed by atoms with Gasteiger partial charge >= 0.3 is 0 Å². The molecule has 1 fully saturated rings. The quantitative estimate of drug-likeness (QED) is 0.514. The molecule has 0 saturated carbocycles. The molecule has 0 unspecified atom stereocenters. The number of allylic oxidation sites excluding steroid dienone is 1. The summed E-state index contributed by atoms with van der Waals surface area (Å²) in [5, 5.41) is 25.6. The molecule has 1 aliphatic rings. The number of nitriles is 1. The van der Waals surface area contributed by atoms with E-state index in [1.54, 1.807) is 44.2 Å². The van der Waals surface area contributed by atoms with Gasteiger partial charge in [0.25, 0.3) is 0 Å². The standard InChI is InChI=1S/C16H18N3O2/c1-15(2)16(3,4)19(21)14(18-15)12(10-17)13(20)11-8-6-5-7-9-11/h5-9,18H,1-4H3/b14-12+. The van der Waals surface area contributed by atoms with Crippen molar-refractivity contribution in [3.8, 4) is 6.07 Å². The largest absolute Gasteiger partial charge is 0.361 e. The van der Waals surface area contributed by atoms with Crippen molar-refractivity contribution in [3.63, 3.8) is 0 Å². The number of benzene rings is 1. The van der Waals surface area contributed by atoms with Crippen LogP contribution in [0, 0.1) is 11.3 Å². The van der Waals surface area contributed by atoms with Crippen LogP contribution in [0.1, 0.15) is 38.1 Å². The molecule has 0 amide bonds. The molecule has 5 heteroatoms. The van der Waals surface area contributed by atoms with Gasteiger partial charge in [0, 0.05) is 5.56 Å². The Balaban J connectivity index is 2.52. The summed E-state index contributed by atoms with van der Waals surface area (Å²) >= 11 is 0. The van der Waals surface area contributed by atoms with E-state index in [4.69, 9.17) is 0 Å². The predicted octanol–water partition coefficient (Wildman–Crippen LogP) is 2.41. The van der Waals surface area contributed by atoms with Gasteiger partial charge in [0.2, 0.25) is 5.78 Å². The SMILES string of the molecule is CC1(C)N/C(=C(/C#N)C(=O)c2ccccc2)N([O])C1(C)C. The number of hydrogen-bond donors (Lipinski definition) is 1. The van der Waals surface area contributed by atoms with Crippen molar-refractivity contribution in [2.75, 3.05) is 0 Å². The molecule has 2 rings (SSSR count). The molecule has 1 saturated heterocycles. The Morgan fingerprint density at radius 3 is 2.19 bits per heavy atom. The molecule has 1 radical (unpaired) electrons. The summed E-state index contributed by atoms with van der Waals surface area (Å²) in [6, 6.07) is 10.4. The molecule has 0 aromatic heterocycles. The van der Waals surface area contributed by atoms with Crippen molar-refractivity contribution >= 4 is 5.78 Å². The van der Waals surface area contributed by atoms with Crippen LogP contribution in [0.15, 0.2) is 41.7 Å². The van der Waals surface area contributed by atoms with Crippen molar-refractivity contribution in [2.45, 2.75) is 38.8 Å². The van der Waals surface area contributed by atoms with Crippen LogP contribution in [0.4, 0.5) is 0 Å². The Labute approximate surface area is 124 Å². The maximum atomic E-state index is 12.5. The number of rotatable bonds is 2. The van der Waals surface area contributed by atoms with Gasteiger partial charge < -0.3 is 5.32 Å². The normalized spacial score (nSPS) is 21.4. The first-order valence-corrected chi connectivity index (χ1v) is 6.72. The number of hydroxylamine groups is 2. The third kappa shape index (κ3) is 2.28. The van der Waals surface area contributed by atoms with E-state index in [0.717, 1.165) is 5.06 Å². The summed E-state index contributed by atoms with van der Waals surface area (Å²) < 4.78 is 0. The first-order chi connectivity index (χ1) is 9.72. The third-order valence-corrected chi connectivity index (χ3v) is 4.28. The molecular weight excluding hydrogens is 266 g/mol. The Hall–Kier alpha value is -2.32. The minimum absolute atomic E-state index is 0.0429. The molecule has 0 aliphatic carbocycles. The number of nitrogens with zero attached hydrogens (tertiary/aromatic N) is 2. The fraction of sp³-hybridized carbons (Fsp3) is 0.375. The summed E-state index contributed by atoms with van der Waals surface area (Å²) in [7, 11) is 0. The summed E-state index contributed by atoms with van der Waals surface area (Å²) in [5.74, 6) is -0.406. The lowest BCUT2D eigenvalue weighted by atomic mass is 9.84. The van der Waals surface area contributed by atoms with E-state index < -0.39 is 16.9 Å². The van der Waals surface area contributed by atoms with Gasteiger partial charge in [-0.2, -0.15) is 10.3 Å². The monoisotopic (exact) mass is 284 g/mol. The van der Waals surface area contributed by atoms with Crippen LogP contribution in [0.3, 0.4) is 0 Å². The smallest absolute Gasteiger partial charge is 0.207 e. The molecule has 1 heterocycles. The number of nitrogens with one attached hydrogen (secondary N) is 1. The topological polar surface area (TPSA) is 76.0 Å². The zero-order chi connectivity index (χ0) is 15.8. The highest BCUT2D eigenvalue weighted by atomic mass is 16.5. The molecule has 0 atom stereocenters. The predicted molar refractivity (Wildman–Crippen MR) is 77.2 cm³/mol. The Morgan fingerprint density at radius 2 is 1.76 bits per heavy atom. The van der Waals surface area contributed by atoms with Crippen LogP contribution in [-0.2, 0) is 5.21 Å². The highest BCUT2D eigenvalue weighted by Crippen LogP contribution is 2.37. The van der Waals surface area contributed by atoms with Crippen LogP contribution < -0.4 is 5.32 Å². The molecule has 1 aliphatic heterocycles. The number of carbonyl (C=O) groups excluding carboxylic acids is 1. The third-order valence-electron chi connectivity index (χ3n) is 4.28. The van der Waals surface area contributed by atoms with Crippen molar-refractivity contribution in [2.24, 2.45) is 0 Å². The summed E-state index contributed by atoms with van der Waals surface area (Å²) in [6.45, 7) is 7.30. The van der Waals surface area contributed by atoms with Gasteiger partial charge in [0.05, 0.1) is 11.1 Å². The minimum atomic E-state index is -0.762. The first-order valence-electron chi connectivity index (χ1n) is 6.72. The number of hydrogen-bond acceptors (Lipinski definition) is 4. The molecule has 0 bridgehead atoms. The van der Waals surface area contributed by atoms with Crippen LogP contribution in [0.25, 0.3) is 0 Å². The van der Waals surface area contributed by atoms with Crippen molar-refractivity contribution in [3.05, 3.63) is 47.3 Å². The molecule has 1 aromatic rings. The summed E-state index contributed by atoms with van der Waals surface area (Å²) in [6.07, 6.45) is 0. The Bertz CT molecular complexity index is 639. The van der Waals surface area contributed by atoms with Crippen molar-refractivity contribution < 1.29 is 10.0 Å². The molecule has 5 nitrogen and oxygen atoms in total. The van der Waals surface area contributed by atoms with E-state index in [9.17, 15) is 15.3 Å². The summed E-state index contributed by atoms with van der Waals surface area (Å²) in [4.78, 5) is 12.4. The highest BCUT2D eigenvalue weighted by molar-refractivity contribution is 6.11. The van der Waals surface area contributed by atoms with Crippen LogP contribution >= 0.6 is 0 Å². The second kappa shape index (κ2) is 4.90. The van der Waals surface area contributed by atoms with Crippen LogP contribution in [-0.4, -0.2) is 21.9 Å². The van der Waals surface area contributed by atoms with Gasteiger partial charge in [-0.05, 0) is 27.7 Å². The van der Waals surface area contributed by atoms with Crippen molar-refractivity contribution in [1.29, 1.82) is 5.26 Å². The Morgan fingerprint density at radius 1 is 1.19 bits per heavy atom. The lowest BCUT2D eigenvalue weighted by Crippen LogP contribution is -2.51. The van der Waals surface area contributed by atoms with E-state index in [0.29, 0.717) is 5.56 Å². The second-order valence-corrected chi connectivity index (χ2v) is 6.13. The van der Waals surface area contributed by atoms with E-state index in [1.807, 2.05) is 19.9 Å². The lowest BCUT2D eigenvalue weighted by Gasteiger charge is -2.34. The number of carbonyl (C=O) groups is 1. The van der Waals surface area contributed by atoms with Crippen molar-refractivity contribution in [1.82, 2.24) is 10.4 Å². The minimum Gasteiger partial charge on any atom is -0.361 e. The molecule has 1 aromatic carbocycles. The lowest BCUT2D eigenvalue weighted by molar-refractivity contribution is -0.181. The maximum absolute atomic E-state index is 12.5. The second-order valence-electron chi connectivity index (χ2n) is 6.13. The zero-order valence-corrected chi connectivity index (χ0v) is 12.6. The first kappa shape index (κ1) is 15.1. The average molecular weight is 284 g/mol. The molecule has 1 N–H and O–H groups in total. The van der Waals surface area contributed by atoms with E-state index in [-0.39, 0.29) is 11.4 Å². The van der Waals surface area contributed by atoms with Crippen LogP contribution in [0.5, 0.6) is 0 Å². The number of Topliss-reactive ketones (excluding diaryl/α,β-unsaturated/α-hetero) is 1. The fourth-order valence-electron chi connectivity index (χ4n) is 2.14. The molecule has 109 valence electrons. The van der Waals surface area contributed by atoms with Crippen LogP contribution in [0.2, 0.25) is 0 Å². The van der Waals surface area contributed by atoms with E-state index >= 15 is 0 Å². The molecule has 0 spiro atoms. The van der Waals surface area contributed by atoms with Gasteiger partial charge in [-0.25, -0.2) is 0 Å². The zero-order valence-electron chi connectivity index (χ0n) is 12.6. The van der Waals surface area contributed by atoms with E-state index in [1.165, 1.54) is 0 Å². The van der Waals surface area contributed by atoms with Gasteiger partial charge in [-0.1, -0.05) is 35.5 Å².